The van der Waals surface area contributed by atoms with Crippen LogP contribution in [-0.4, -0.2) is 35.6 Å². The van der Waals surface area contributed by atoms with Gasteiger partial charge < -0.3 is 5.11 Å². The lowest BCUT2D eigenvalue weighted by molar-refractivity contribution is -0.143. The van der Waals surface area contributed by atoms with Gasteiger partial charge in [-0.1, -0.05) is 35.0 Å². The lowest BCUT2D eigenvalue weighted by Gasteiger charge is -2.28. The summed E-state index contributed by atoms with van der Waals surface area (Å²) >= 11 is 3.45. The average molecular weight is 326 g/mol. The number of nitrogens with zero attached hydrogens (tertiary/aromatic N) is 1. The highest BCUT2D eigenvalue weighted by atomic mass is 79.9. The molecule has 0 unspecified atom stereocenters. The second kappa shape index (κ2) is 5.63. The Morgan fingerprint density at radius 2 is 2.00 bits per heavy atom. The standard InChI is InChI=1S/C15H20BrNO2/c1-3-13(14(18)19)17(2)10-15(8-9-15)11-4-6-12(16)7-5-11/h4-7,13H,3,8-10H2,1-2H3,(H,18,19)/t13-/m1/s1. The van der Waals surface area contributed by atoms with Gasteiger partial charge in [0.2, 0.25) is 0 Å². The highest BCUT2D eigenvalue weighted by Gasteiger charge is 2.45. The fourth-order valence-electron chi connectivity index (χ4n) is 2.75. The van der Waals surface area contributed by atoms with Crippen LogP contribution in [0.3, 0.4) is 0 Å². The van der Waals surface area contributed by atoms with Gasteiger partial charge in [0, 0.05) is 16.4 Å². The lowest BCUT2D eigenvalue weighted by Crippen LogP contribution is -2.42. The van der Waals surface area contributed by atoms with E-state index in [1.165, 1.54) is 5.56 Å². The molecule has 1 aromatic rings. The van der Waals surface area contributed by atoms with E-state index >= 15 is 0 Å². The Kier molecular flexibility index (Phi) is 4.31. The van der Waals surface area contributed by atoms with Gasteiger partial charge in [-0.15, -0.1) is 0 Å². The molecule has 1 aliphatic carbocycles. The van der Waals surface area contributed by atoms with Crippen molar-refractivity contribution in [1.82, 2.24) is 4.90 Å². The molecular formula is C15H20BrNO2. The summed E-state index contributed by atoms with van der Waals surface area (Å²) < 4.78 is 1.08. The minimum atomic E-state index is -0.725. The molecule has 1 aromatic carbocycles. The number of carboxylic acid groups (broad SMARTS) is 1. The van der Waals surface area contributed by atoms with Crippen LogP contribution in [0, 0.1) is 0 Å². The van der Waals surface area contributed by atoms with Crippen molar-refractivity contribution < 1.29 is 9.90 Å². The van der Waals surface area contributed by atoms with Crippen LogP contribution in [0.1, 0.15) is 31.7 Å². The Balaban J connectivity index is 2.09. The smallest absolute Gasteiger partial charge is 0.320 e. The first kappa shape index (κ1) is 14.5. The minimum Gasteiger partial charge on any atom is -0.480 e. The zero-order valence-electron chi connectivity index (χ0n) is 11.4. The molecule has 1 N–H and O–H groups in total. The molecule has 0 saturated heterocycles. The first-order valence-electron chi connectivity index (χ1n) is 6.67. The number of aliphatic carboxylic acids is 1. The molecule has 0 spiro atoms. The van der Waals surface area contributed by atoms with E-state index in [1.54, 1.807) is 0 Å². The fourth-order valence-corrected chi connectivity index (χ4v) is 3.02. The fraction of sp³-hybridized carbons (Fsp3) is 0.533. The lowest BCUT2D eigenvalue weighted by atomic mass is 9.95. The van der Waals surface area contributed by atoms with Crippen molar-refractivity contribution in [3.8, 4) is 0 Å². The Hall–Kier alpha value is -0.870. The summed E-state index contributed by atoms with van der Waals surface area (Å²) in [7, 11) is 1.92. The monoisotopic (exact) mass is 325 g/mol. The van der Waals surface area contributed by atoms with Gasteiger partial charge in [0.1, 0.15) is 6.04 Å². The summed E-state index contributed by atoms with van der Waals surface area (Å²) in [6.45, 7) is 2.74. The SMILES string of the molecule is CC[C@H](C(=O)O)N(C)CC1(c2ccc(Br)cc2)CC1. The number of benzene rings is 1. The maximum Gasteiger partial charge on any atom is 0.320 e. The van der Waals surface area contributed by atoms with Crippen molar-refractivity contribution in [2.24, 2.45) is 0 Å². The highest BCUT2D eigenvalue weighted by Crippen LogP contribution is 2.49. The van der Waals surface area contributed by atoms with Gasteiger partial charge in [0.05, 0.1) is 0 Å². The van der Waals surface area contributed by atoms with Crippen molar-refractivity contribution >= 4 is 21.9 Å². The summed E-state index contributed by atoms with van der Waals surface area (Å²) in [5.41, 5.74) is 1.49. The van der Waals surface area contributed by atoms with Crippen LogP contribution >= 0.6 is 15.9 Å². The summed E-state index contributed by atoms with van der Waals surface area (Å²) in [6.07, 6.45) is 2.94. The third-order valence-electron chi connectivity index (χ3n) is 4.07. The number of halogens is 1. The Labute approximate surface area is 122 Å². The predicted octanol–water partition coefficient (Wildman–Crippen LogP) is 3.28. The molecule has 1 saturated carbocycles. The maximum absolute atomic E-state index is 11.2. The van der Waals surface area contributed by atoms with E-state index in [9.17, 15) is 9.90 Å². The number of rotatable bonds is 6. The van der Waals surface area contributed by atoms with Gasteiger partial charge in [-0.05, 0) is 44.0 Å². The molecule has 1 fully saturated rings. The van der Waals surface area contributed by atoms with Crippen molar-refractivity contribution in [1.29, 1.82) is 0 Å². The van der Waals surface area contributed by atoms with E-state index in [-0.39, 0.29) is 11.5 Å². The van der Waals surface area contributed by atoms with Crippen LogP contribution in [0.2, 0.25) is 0 Å². The average Bonchev–Trinajstić information content (AvgIpc) is 3.11. The number of hydrogen-bond acceptors (Lipinski definition) is 2. The Morgan fingerprint density at radius 1 is 1.42 bits per heavy atom. The molecule has 2 rings (SSSR count). The van der Waals surface area contributed by atoms with Gasteiger partial charge in [0.25, 0.3) is 0 Å². The number of hydrogen-bond donors (Lipinski definition) is 1. The summed E-state index contributed by atoms with van der Waals surface area (Å²) in [4.78, 5) is 13.2. The molecule has 4 heteroatoms. The molecule has 0 bridgehead atoms. The van der Waals surface area contributed by atoms with E-state index in [2.05, 4.69) is 40.2 Å². The first-order chi connectivity index (χ1) is 8.98. The van der Waals surface area contributed by atoms with Crippen LogP contribution < -0.4 is 0 Å². The number of carbonyl (C=O) groups is 1. The first-order valence-corrected chi connectivity index (χ1v) is 7.47. The normalized spacial score (nSPS) is 18.3. The summed E-state index contributed by atoms with van der Waals surface area (Å²) in [5.74, 6) is -0.725. The molecule has 1 atom stereocenters. The quantitative estimate of drug-likeness (QED) is 0.872. The second-order valence-corrected chi connectivity index (χ2v) is 6.38. The molecule has 0 amide bonds. The van der Waals surface area contributed by atoms with Gasteiger partial charge in [0.15, 0.2) is 0 Å². The van der Waals surface area contributed by atoms with Gasteiger partial charge in [-0.25, -0.2) is 0 Å². The third-order valence-corrected chi connectivity index (χ3v) is 4.59. The zero-order valence-corrected chi connectivity index (χ0v) is 13.0. The summed E-state index contributed by atoms with van der Waals surface area (Å²) in [6, 6.07) is 8.03. The maximum atomic E-state index is 11.2. The van der Waals surface area contributed by atoms with Crippen molar-refractivity contribution in [3.63, 3.8) is 0 Å². The highest BCUT2D eigenvalue weighted by molar-refractivity contribution is 9.10. The van der Waals surface area contributed by atoms with E-state index in [1.807, 2.05) is 18.9 Å². The Bertz CT molecular complexity index is 454. The summed E-state index contributed by atoms with van der Waals surface area (Å²) in [5, 5.41) is 9.22. The van der Waals surface area contributed by atoms with E-state index in [0.717, 1.165) is 23.9 Å². The molecule has 1 aliphatic rings. The second-order valence-electron chi connectivity index (χ2n) is 5.46. The molecule has 0 aliphatic heterocycles. The minimum absolute atomic E-state index is 0.165. The molecular weight excluding hydrogens is 306 g/mol. The van der Waals surface area contributed by atoms with Crippen LogP contribution in [0.5, 0.6) is 0 Å². The van der Waals surface area contributed by atoms with Crippen LogP contribution in [0.25, 0.3) is 0 Å². The largest absolute Gasteiger partial charge is 0.480 e. The molecule has 0 aromatic heterocycles. The van der Waals surface area contributed by atoms with E-state index in [4.69, 9.17) is 0 Å². The van der Waals surface area contributed by atoms with Gasteiger partial charge in [-0.3, -0.25) is 9.69 Å². The molecule has 0 radical (unpaired) electrons. The van der Waals surface area contributed by atoms with E-state index < -0.39 is 5.97 Å². The zero-order chi connectivity index (χ0) is 14.0. The Morgan fingerprint density at radius 3 is 2.42 bits per heavy atom. The van der Waals surface area contributed by atoms with Crippen LogP contribution in [-0.2, 0) is 10.2 Å². The van der Waals surface area contributed by atoms with Crippen LogP contribution in [0.4, 0.5) is 0 Å². The third kappa shape index (κ3) is 3.18. The number of carboxylic acids is 1. The molecule has 0 heterocycles. The van der Waals surface area contributed by atoms with Crippen molar-refractivity contribution in [3.05, 3.63) is 34.3 Å². The predicted molar refractivity (Wildman–Crippen MR) is 79.4 cm³/mol. The van der Waals surface area contributed by atoms with Crippen molar-refractivity contribution in [2.45, 2.75) is 37.6 Å². The molecule has 3 nitrogen and oxygen atoms in total. The van der Waals surface area contributed by atoms with Crippen molar-refractivity contribution in [2.75, 3.05) is 13.6 Å². The van der Waals surface area contributed by atoms with Gasteiger partial charge >= 0.3 is 5.97 Å². The van der Waals surface area contributed by atoms with Gasteiger partial charge in [-0.2, -0.15) is 0 Å². The topological polar surface area (TPSA) is 40.5 Å². The number of likely N-dealkylation sites (N-methyl/N-ethyl adjacent to an activating group) is 1. The van der Waals surface area contributed by atoms with E-state index in [0.29, 0.717) is 6.42 Å². The van der Waals surface area contributed by atoms with Crippen LogP contribution in [0.15, 0.2) is 28.7 Å². The molecule has 104 valence electrons. The molecule has 19 heavy (non-hydrogen) atoms.